The number of carbonyl (C=O) groups is 1. The van der Waals surface area contributed by atoms with Crippen LogP contribution >= 0.6 is 0 Å². The maximum Gasteiger partial charge on any atom is 0.180 e. The molecule has 20 heavy (non-hydrogen) atoms. The summed E-state index contributed by atoms with van der Waals surface area (Å²) in [6, 6.07) is 0. The van der Waals surface area contributed by atoms with Gasteiger partial charge in [-0.05, 0) is 57.9 Å². The fourth-order valence-corrected chi connectivity index (χ4v) is 2.36. The quantitative estimate of drug-likeness (QED) is 0.668. The van der Waals surface area contributed by atoms with Crippen molar-refractivity contribution in [2.75, 3.05) is 0 Å². The second kappa shape index (κ2) is 8.05. The highest BCUT2D eigenvalue weighted by molar-refractivity contribution is 6.00. The van der Waals surface area contributed by atoms with Gasteiger partial charge < -0.3 is 10.8 Å². The monoisotopic (exact) mass is 277 g/mol. The fourth-order valence-electron chi connectivity index (χ4n) is 2.36. The predicted octanol–water partition coefficient (Wildman–Crippen LogP) is 3.25. The van der Waals surface area contributed by atoms with Gasteiger partial charge in [-0.1, -0.05) is 24.1 Å². The molecule has 2 unspecified atom stereocenters. The first-order chi connectivity index (χ1) is 9.38. The molecule has 1 aliphatic rings. The summed E-state index contributed by atoms with van der Waals surface area (Å²) >= 11 is 0. The van der Waals surface area contributed by atoms with Crippen LogP contribution in [0.5, 0.6) is 0 Å². The topological polar surface area (TPSA) is 63.3 Å². The lowest BCUT2D eigenvalue weighted by Crippen LogP contribution is -2.11. The first-order valence-electron chi connectivity index (χ1n) is 7.42. The Bertz CT molecular complexity index is 432. The number of allylic oxidation sites excluding steroid dienone is 5. The van der Waals surface area contributed by atoms with Crippen LogP contribution in [0, 0.1) is 5.92 Å². The predicted molar refractivity (Wildman–Crippen MR) is 83.0 cm³/mol. The van der Waals surface area contributed by atoms with E-state index in [0.29, 0.717) is 5.70 Å². The van der Waals surface area contributed by atoms with Crippen molar-refractivity contribution in [2.45, 2.75) is 59.0 Å². The van der Waals surface area contributed by atoms with E-state index in [-0.39, 0.29) is 17.8 Å². The van der Waals surface area contributed by atoms with E-state index in [1.807, 2.05) is 26.8 Å². The van der Waals surface area contributed by atoms with Gasteiger partial charge in [0, 0.05) is 11.8 Å². The molecule has 0 amide bonds. The van der Waals surface area contributed by atoms with Crippen LogP contribution in [0.15, 0.2) is 35.1 Å². The van der Waals surface area contributed by atoms with Gasteiger partial charge in [-0.3, -0.25) is 4.79 Å². The van der Waals surface area contributed by atoms with E-state index in [1.165, 1.54) is 5.57 Å². The second-order valence-corrected chi connectivity index (χ2v) is 5.95. The Kier molecular flexibility index (Phi) is 6.73. The first kappa shape index (κ1) is 16.7. The average Bonchev–Trinajstić information content (AvgIpc) is 2.34. The number of carbonyl (C=O) groups excluding carboxylic acids is 1. The SMILES string of the molecule is C/C1=C/C(=O)/C=C(\N)C(C)CC/C(C)=C/C(O)CCC1. The van der Waals surface area contributed by atoms with Gasteiger partial charge in [0.15, 0.2) is 5.78 Å². The minimum Gasteiger partial charge on any atom is -0.402 e. The molecule has 1 rings (SSSR count). The molecule has 0 spiro atoms. The lowest BCUT2D eigenvalue weighted by molar-refractivity contribution is -0.110. The molecule has 0 saturated heterocycles. The van der Waals surface area contributed by atoms with E-state index >= 15 is 0 Å². The van der Waals surface area contributed by atoms with Crippen LogP contribution in [0.3, 0.4) is 0 Å². The van der Waals surface area contributed by atoms with Gasteiger partial charge in [-0.2, -0.15) is 0 Å². The summed E-state index contributed by atoms with van der Waals surface area (Å²) in [5.41, 5.74) is 8.85. The Hall–Kier alpha value is -1.35. The molecule has 0 saturated carbocycles. The summed E-state index contributed by atoms with van der Waals surface area (Å²) in [5.74, 6) is 0.146. The van der Waals surface area contributed by atoms with Crippen molar-refractivity contribution in [1.29, 1.82) is 0 Å². The number of hydrogen-bond acceptors (Lipinski definition) is 3. The third kappa shape index (κ3) is 6.20. The smallest absolute Gasteiger partial charge is 0.180 e. The number of hydrogen-bond donors (Lipinski definition) is 2. The van der Waals surface area contributed by atoms with E-state index in [9.17, 15) is 9.90 Å². The molecule has 0 aromatic carbocycles. The second-order valence-electron chi connectivity index (χ2n) is 5.95. The van der Waals surface area contributed by atoms with E-state index in [2.05, 4.69) is 0 Å². The molecule has 0 aliphatic heterocycles. The summed E-state index contributed by atoms with van der Waals surface area (Å²) in [6.07, 6.45) is 9.02. The zero-order valence-electron chi connectivity index (χ0n) is 12.9. The molecule has 0 aromatic heterocycles. The van der Waals surface area contributed by atoms with Gasteiger partial charge in [0.1, 0.15) is 0 Å². The minimum atomic E-state index is -0.385. The lowest BCUT2D eigenvalue weighted by Gasteiger charge is -2.14. The number of aliphatic hydroxyl groups is 1. The van der Waals surface area contributed by atoms with Gasteiger partial charge in [-0.15, -0.1) is 0 Å². The van der Waals surface area contributed by atoms with Gasteiger partial charge in [0.25, 0.3) is 0 Å². The number of nitrogens with two attached hydrogens (primary N) is 1. The van der Waals surface area contributed by atoms with Gasteiger partial charge in [-0.25, -0.2) is 0 Å². The molecule has 2 atom stereocenters. The van der Waals surface area contributed by atoms with E-state index < -0.39 is 0 Å². The van der Waals surface area contributed by atoms with Crippen molar-refractivity contribution in [2.24, 2.45) is 11.7 Å². The van der Waals surface area contributed by atoms with Crippen LogP contribution in [0.25, 0.3) is 0 Å². The summed E-state index contributed by atoms with van der Waals surface area (Å²) in [6.45, 7) is 6.02. The Labute approximate surface area is 122 Å². The summed E-state index contributed by atoms with van der Waals surface area (Å²) < 4.78 is 0. The summed E-state index contributed by atoms with van der Waals surface area (Å²) in [5, 5.41) is 9.95. The van der Waals surface area contributed by atoms with Crippen LogP contribution in [0.4, 0.5) is 0 Å². The Morgan fingerprint density at radius 3 is 2.55 bits per heavy atom. The zero-order valence-corrected chi connectivity index (χ0v) is 12.9. The summed E-state index contributed by atoms with van der Waals surface area (Å²) in [4.78, 5) is 11.9. The van der Waals surface area contributed by atoms with Gasteiger partial charge in [0.05, 0.1) is 6.10 Å². The minimum absolute atomic E-state index is 0.0308. The third-order valence-corrected chi connectivity index (χ3v) is 3.79. The van der Waals surface area contributed by atoms with E-state index in [1.54, 1.807) is 12.2 Å². The molecule has 3 nitrogen and oxygen atoms in total. The highest BCUT2D eigenvalue weighted by Crippen LogP contribution is 2.18. The van der Waals surface area contributed by atoms with Crippen LogP contribution in [0.1, 0.15) is 52.9 Å². The van der Waals surface area contributed by atoms with Gasteiger partial charge in [0.2, 0.25) is 0 Å². The van der Waals surface area contributed by atoms with Crippen LogP contribution in [-0.4, -0.2) is 17.0 Å². The molecule has 0 bridgehead atoms. The average molecular weight is 277 g/mol. The molecule has 112 valence electrons. The molecule has 1 aliphatic carbocycles. The molecular weight excluding hydrogens is 250 g/mol. The highest BCUT2D eigenvalue weighted by atomic mass is 16.3. The molecule has 3 heteroatoms. The van der Waals surface area contributed by atoms with Crippen molar-refractivity contribution in [3.63, 3.8) is 0 Å². The van der Waals surface area contributed by atoms with Crippen molar-refractivity contribution in [3.8, 4) is 0 Å². The first-order valence-corrected chi connectivity index (χ1v) is 7.42. The van der Waals surface area contributed by atoms with Gasteiger partial charge >= 0.3 is 0 Å². The van der Waals surface area contributed by atoms with Crippen molar-refractivity contribution in [3.05, 3.63) is 35.1 Å². The normalized spacial score (nSPS) is 35.0. The Morgan fingerprint density at radius 2 is 1.85 bits per heavy atom. The zero-order chi connectivity index (χ0) is 15.1. The van der Waals surface area contributed by atoms with Crippen molar-refractivity contribution >= 4 is 5.78 Å². The maximum atomic E-state index is 11.9. The third-order valence-electron chi connectivity index (χ3n) is 3.79. The standard InChI is InChI=1S/C17H27NO2/c1-12-5-4-6-15(19)9-13(2)7-8-14(3)17(18)11-16(20)10-12/h9-11,14-15,19H,4-8,18H2,1-3H3/b12-10-,13-9+,17-11-. The number of ketones is 1. The van der Waals surface area contributed by atoms with E-state index in [0.717, 1.165) is 37.7 Å². The number of aliphatic hydroxyl groups excluding tert-OH is 1. The largest absolute Gasteiger partial charge is 0.402 e. The molecule has 0 fully saturated rings. The summed E-state index contributed by atoms with van der Waals surface area (Å²) in [7, 11) is 0. The van der Waals surface area contributed by atoms with Crippen LogP contribution < -0.4 is 5.73 Å². The molecule has 3 N–H and O–H groups in total. The highest BCUT2D eigenvalue weighted by Gasteiger charge is 2.09. The van der Waals surface area contributed by atoms with Crippen molar-refractivity contribution in [1.82, 2.24) is 0 Å². The molecule has 0 heterocycles. The number of rotatable bonds is 0. The van der Waals surface area contributed by atoms with Crippen molar-refractivity contribution < 1.29 is 9.90 Å². The van der Waals surface area contributed by atoms with E-state index in [4.69, 9.17) is 5.73 Å². The van der Waals surface area contributed by atoms with Crippen LogP contribution in [0.2, 0.25) is 0 Å². The maximum absolute atomic E-state index is 11.9. The lowest BCUT2D eigenvalue weighted by atomic mass is 9.96. The Balaban J connectivity index is 2.89. The molecule has 0 radical (unpaired) electrons. The fraction of sp³-hybridized carbons (Fsp3) is 0.588. The molecule has 0 aromatic rings. The van der Waals surface area contributed by atoms with Crippen LogP contribution in [-0.2, 0) is 4.79 Å². The Morgan fingerprint density at radius 1 is 1.15 bits per heavy atom. The molecular formula is C17H27NO2.